The number of nitrogens with two attached hydrogens (primary N) is 1. The van der Waals surface area contributed by atoms with Crippen molar-refractivity contribution in [3.8, 4) is 0 Å². The van der Waals surface area contributed by atoms with Gasteiger partial charge in [0, 0.05) is 22.5 Å². The molecule has 1 fully saturated rings. The second kappa shape index (κ2) is 5.08. The molecule has 1 aromatic rings. The highest BCUT2D eigenvalue weighted by atomic mass is 79.9. The molecule has 2 rings (SSSR count). The van der Waals surface area contributed by atoms with Crippen LogP contribution in [0.15, 0.2) is 22.7 Å². The molecule has 1 aromatic carbocycles. The molecule has 104 valence electrons. The third kappa shape index (κ3) is 2.81. The lowest BCUT2D eigenvalue weighted by Gasteiger charge is -2.38. The van der Waals surface area contributed by atoms with Crippen LogP contribution in [0.4, 0.5) is 0 Å². The monoisotopic (exact) mass is 344 g/mol. The van der Waals surface area contributed by atoms with Gasteiger partial charge in [-0.1, -0.05) is 17.7 Å². The van der Waals surface area contributed by atoms with E-state index >= 15 is 0 Å². The van der Waals surface area contributed by atoms with Crippen LogP contribution in [-0.4, -0.2) is 22.4 Å². The van der Waals surface area contributed by atoms with Gasteiger partial charge in [-0.05, 0) is 54.4 Å². The standard InChI is InChI=1S/C14H18BrClN2O/c1-14(2,3)18-12(19)7-11(17)13(18)8-4-5-9(15)10(16)6-8/h4-6,11,13H,7,17H2,1-3H3. The fourth-order valence-corrected chi connectivity index (χ4v) is 3.08. The maximum absolute atomic E-state index is 12.2. The van der Waals surface area contributed by atoms with Gasteiger partial charge in [0.05, 0.1) is 11.1 Å². The van der Waals surface area contributed by atoms with Gasteiger partial charge in [-0.15, -0.1) is 0 Å². The number of nitrogens with zero attached hydrogens (tertiary/aromatic N) is 1. The lowest BCUT2D eigenvalue weighted by atomic mass is 9.97. The minimum atomic E-state index is -0.255. The molecule has 1 aliphatic rings. The number of carbonyl (C=O) groups is 1. The average molecular weight is 346 g/mol. The van der Waals surface area contributed by atoms with Gasteiger partial charge in [0.25, 0.3) is 0 Å². The maximum Gasteiger partial charge on any atom is 0.225 e. The summed E-state index contributed by atoms with van der Waals surface area (Å²) in [6.07, 6.45) is 0.385. The zero-order valence-electron chi connectivity index (χ0n) is 11.3. The molecule has 19 heavy (non-hydrogen) atoms. The molecule has 1 saturated heterocycles. The first-order valence-corrected chi connectivity index (χ1v) is 7.41. The van der Waals surface area contributed by atoms with E-state index in [1.165, 1.54) is 0 Å². The Labute approximate surface area is 127 Å². The van der Waals surface area contributed by atoms with Crippen molar-refractivity contribution in [2.45, 2.75) is 44.8 Å². The van der Waals surface area contributed by atoms with Crippen molar-refractivity contribution >= 4 is 33.4 Å². The first-order valence-electron chi connectivity index (χ1n) is 6.24. The summed E-state index contributed by atoms with van der Waals surface area (Å²) >= 11 is 9.52. The van der Waals surface area contributed by atoms with Gasteiger partial charge in [0.15, 0.2) is 0 Å². The van der Waals surface area contributed by atoms with E-state index in [1.54, 1.807) is 0 Å². The number of rotatable bonds is 1. The molecule has 1 aliphatic heterocycles. The molecule has 0 spiro atoms. The highest BCUT2D eigenvalue weighted by Crippen LogP contribution is 2.39. The second-order valence-electron chi connectivity index (χ2n) is 5.92. The van der Waals surface area contributed by atoms with Gasteiger partial charge in [0.1, 0.15) is 0 Å². The van der Waals surface area contributed by atoms with E-state index in [9.17, 15) is 4.79 Å². The Morgan fingerprint density at radius 1 is 1.42 bits per heavy atom. The maximum atomic E-state index is 12.2. The third-order valence-corrected chi connectivity index (χ3v) is 4.60. The van der Waals surface area contributed by atoms with E-state index in [1.807, 2.05) is 43.9 Å². The molecule has 3 nitrogen and oxygen atoms in total. The van der Waals surface area contributed by atoms with Crippen molar-refractivity contribution < 1.29 is 4.79 Å². The van der Waals surface area contributed by atoms with Gasteiger partial charge in [-0.2, -0.15) is 0 Å². The first kappa shape index (κ1) is 14.8. The molecule has 1 amide bonds. The molecule has 0 radical (unpaired) electrons. The van der Waals surface area contributed by atoms with Crippen molar-refractivity contribution in [2.75, 3.05) is 0 Å². The lowest BCUT2D eigenvalue weighted by Crippen LogP contribution is -2.45. The quantitative estimate of drug-likeness (QED) is 0.846. The van der Waals surface area contributed by atoms with Crippen molar-refractivity contribution in [3.05, 3.63) is 33.3 Å². The molecule has 0 bridgehead atoms. The van der Waals surface area contributed by atoms with E-state index in [-0.39, 0.29) is 23.5 Å². The van der Waals surface area contributed by atoms with Gasteiger partial charge < -0.3 is 10.6 Å². The highest BCUT2D eigenvalue weighted by molar-refractivity contribution is 9.10. The van der Waals surface area contributed by atoms with E-state index in [0.717, 1.165) is 10.0 Å². The number of hydrogen-bond acceptors (Lipinski definition) is 2. The van der Waals surface area contributed by atoms with Crippen LogP contribution in [0.1, 0.15) is 38.8 Å². The number of hydrogen-bond donors (Lipinski definition) is 1. The minimum absolute atomic E-state index is 0.101. The Morgan fingerprint density at radius 2 is 2.05 bits per heavy atom. The Balaban J connectivity index is 2.45. The normalized spacial score (nSPS) is 24.1. The number of halogens is 2. The van der Waals surface area contributed by atoms with E-state index in [4.69, 9.17) is 17.3 Å². The summed E-state index contributed by atoms with van der Waals surface area (Å²) in [6, 6.07) is 5.45. The Kier molecular flexibility index (Phi) is 3.96. The molecule has 0 aromatic heterocycles. The highest BCUT2D eigenvalue weighted by Gasteiger charge is 2.43. The SMILES string of the molecule is CC(C)(C)N1C(=O)CC(N)C1c1ccc(Br)c(Cl)c1. The Hall–Kier alpha value is -0.580. The molecular weight excluding hydrogens is 328 g/mol. The van der Waals surface area contributed by atoms with E-state index in [2.05, 4.69) is 15.9 Å². The zero-order chi connectivity index (χ0) is 14.4. The predicted octanol–water partition coefficient (Wildman–Crippen LogP) is 3.50. The van der Waals surface area contributed by atoms with Crippen LogP contribution in [0.5, 0.6) is 0 Å². The third-order valence-electron chi connectivity index (χ3n) is 3.37. The van der Waals surface area contributed by atoms with Gasteiger partial charge in [-0.25, -0.2) is 0 Å². The van der Waals surface area contributed by atoms with E-state index < -0.39 is 0 Å². The summed E-state index contributed by atoms with van der Waals surface area (Å²) in [5.41, 5.74) is 6.89. The largest absolute Gasteiger partial charge is 0.329 e. The van der Waals surface area contributed by atoms with Crippen LogP contribution in [0.2, 0.25) is 5.02 Å². The van der Waals surface area contributed by atoms with Gasteiger partial charge >= 0.3 is 0 Å². The van der Waals surface area contributed by atoms with Crippen molar-refractivity contribution in [2.24, 2.45) is 5.73 Å². The zero-order valence-corrected chi connectivity index (χ0v) is 13.6. The summed E-state index contributed by atoms with van der Waals surface area (Å²) in [5, 5.41) is 0.637. The smallest absolute Gasteiger partial charge is 0.225 e. The average Bonchev–Trinajstić information content (AvgIpc) is 2.57. The van der Waals surface area contributed by atoms with Crippen LogP contribution in [0.25, 0.3) is 0 Å². The second-order valence-corrected chi connectivity index (χ2v) is 7.18. The number of likely N-dealkylation sites (tertiary alicyclic amines) is 1. The molecule has 5 heteroatoms. The first-order chi connectivity index (χ1) is 8.71. The topological polar surface area (TPSA) is 46.3 Å². The summed E-state index contributed by atoms with van der Waals surface area (Å²) in [4.78, 5) is 14.0. The lowest BCUT2D eigenvalue weighted by molar-refractivity contribution is -0.133. The molecule has 2 atom stereocenters. The molecule has 2 N–H and O–H groups in total. The summed E-state index contributed by atoms with van der Waals surface area (Å²) in [7, 11) is 0. The molecule has 0 aliphatic carbocycles. The molecule has 2 unspecified atom stereocenters. The van der Waals surface area contributed by atoms with Crippen molar-refractivity contribution in [3.63, 3.8) is 0 Å². The van der Waals surface area contributed by atoms with Crippen molar-refractivity contribution in [1.82, 2.24) is 4.90 Å². The van der Waals surface area contributed by atoms with Crippen LogP contribution >= 0.6 is 27.5 Å². The molecular formula is C14H18BrClN2O. The predicted molar refractivity (Wildman–Crippen MR) is 81.1 cm³/mol. The summed E-state index contributed by atoms with van der Waals surface area (Å²) in [6.45, 7) is 6.07. The summed E-state index contributed by atoms with van der Waals surface area (Å²) < 4.78 is 0.845. The minimum Gasteiger partial charge on any atom is -0.329 e. The fourth-order valence-electron chi connectivity index (χ4n) is 2.64. The van der Waals surface area contributed by atoms with Crippen molar-refractivity contribution in [1.29, 1.82) is 0 Å². The van der Waals surface area contributed by atoms with Gasteiger partial charge in [0.2, 0.25) is 5.91 Å². The van der Waals surface area contributed by atoms with E-state index in [0.29, 0.717) is 11.4 Å². The number of benzene rings is 1. The van der Waals surface area contributed by atoms with Gasteiger partial charge in [-0.3, -0.25) is 4.79 Å². The summed E-state index contributed by atoms with van der Waals surface area (Å²) in [5.74, 6) is 0.101. The fraction of sp³-hybridized carbons (Fsp3) is 0.500. The van der Waals surface area contributed by atoms with Crippen LogP contribution in [0.3, 0.4) is 0 Å². The van der Waals surface area contributed by atoms with Crippen LogP contribution in [-0.2, 0) is 4.79 Å². The Morgan fingerprint density at radius 3 is 2.58 bits per heavy atom. The van der Waals surface area contributed by atoms with Crippen LogP contribution < -0.4 is 5.73 Å². The number of amides is 1. The molecule has 0 saturated carbocycles. The number of carbonyl (C=O) groups excluding carboxylic acids is 1. The molecule has 1 heterocycles. The Bertz CT molecular complexity index is 513. The van der Waals surface area contributed by atoms with Crippen LogP contribution in [0, 0.1) is 0 Å².